The quantitative estimate of drug-likeness (QED) is 0.179. The highest BCUT2D eigenvalue weighted by molar-refractivity contribution is 6.20. The van der Waals surface area contributed by atoms with Crippen LogP contribution < -0.4 is 0 Å². The standard InChI is InChI=1S/C52H35N3/c1-5-17-36(18-6-1)40-29-31-50-46(33-40)44-27-15-13-25-42(44)43-26-14-16-28-45(43)47-34-41(37-19-7-2-8-20-37)30-32-51(47)55(50)52-53-48(38-21-9-3-10-22-38)35-49(54-52)39-23-11-4-12-24-39/h1-35H. The van der Waals surface area contributed by atoms with Crippen molar-refractivity contribution in [2.45, 2.75) is 0 Å². The summed E-state index contributed by atoms with van der Waals surface area (Å²) in [5.74, 6) is 0.597. The summed E-state index contributed by atoms with van der Waals surface area (Å²) in [5.41, 5.74) is 10.4. The Morgan fingerprint density at radius 3 is 0.964 bits per heavy atom. The Morgan fingerprint density at radius 1 is 0.255 bits per heavy atom. The van der Waals surface area contributed by atoms with Gasteiger partial charge < -0.3 is 0 Å². The normalized spacial score (nSPS) is 11.3. The molecule has 0 bridgehead atoms. The molecule has 2 aromatic heterocycles. The van der Waals surface area contributed by atoms with Crippen LogP contribution >= 0.6 is 0 Å². The largest absolute Gasteiger partial charge is 0.278 e. The first-order valence-electron chi connectivity index (χ1n) is 18.7. The lowest BCUT2D eigenvalue weighted by molar-refractivity contribution is 0.992. The van der Waals surface area contributed by atoms with Gasteiger partial charge in [-0.3, -0.25) is 4.57 Å². The van der Waals surface area contributed by atoms with E-state index in [9.17, 15) is 0 Å². The van der Waals surface area contributed by atoms with Crippen LogP contribution in [0.15, 0.2) is 212 Å². The average Bonchev–Trinajstić information content (AvgIpc) is 3.31. The molecule has 3 heteroatoms. The van der Waals surface area contributed by atoms with Crippen molar-refractivity contribution in [2.75, 3.05) is 0 Å². The van der Waals surface area contributed by atoms with E-state index in [1.54, 1.807) is 0 Å². The molecule has 10 rings (SSSR count). The van der Waals surface area contributed by atoms with E-state index in [0.717, 1.165) is 77.3 Å². The molecule has 0 saturated carbocycles. The Morgan fingerprint density at radius 2 is 0.582 bits per heavy atom. The van der Waals surface area contributed by atoms with E-state index < -0.39 is 0 Å². The highest BCUT2D eigenvalue weighted by Gasteiger charge is 2.17. The van der Waals surface area contributed by atoms with Crippen molar-refractivity contribution in [2.24, 2.45) is 0 Å². The zero-order valence-electron chi connectivity index (χ0n) is 30.0. The van der Waals surface area contributed by atoms with Gasteiger partial charge in [0.2, 0.25) is 5.95 Å². The molecule has 0 fully saturated rings. The maximum atomic E-state index is 5.44. The van der Waals surface area contributed by atoms with Gasteiger partial charge in [0, 0.05) is 21.9 Å². The zero-order valence-corrected chi connectivity index (χ0v) is 30.0. The fourth-order valence-corrected chi connectivity index (χ4v) is 7.81. The molecule has 10 aromatic rings. The summed E-state index contributed by atoms with van der Waals surface area (Å²) < 4.78 is 2.28. The van der Waals surface area contributed by atoms with Gasteiger partial charge in [0.1, 0.15) is 0 Å². The number of hydrogen-bond acceptors (Lipinski definition) is 2. The third kappa shape index (κ3) is 5.98. The van der Waals surface area contributed by atoms with Crippen LogP contribution in [-0.2, 0) is 0 Å². The first kappa shape index (κ1) is 32.3. The van der Waals surface area contributed by atoms with Crippen LogP contribution in [0.4, 0.5) is 0 Å². The molecule has 55 heavy (non-hydrogen) atoms. The lowest BCUT2D eigenvalue weighted by Crippen LogP contribution is -2.06. The molecule has 0 aliphatic rings. The third-order valence-corrected chi connectivity index (χ3v) is 10.5. The van der Waals surface area contributed by atoms with E-state index in [1.165, 1.54) is 10.8 Å². The Hall–Kier alpha value is -7.36. The third-order valence-electron chi connectivity index (χ3n) is 10.5. The topological polar surface area (TPSA) is 30.7 Å². The van der Waals surface area contributed by atoms with Gasteiger partial charge in [-0.1, -0.05) is 182 Å². The van der Waals surface area contributed by atoms with Crippen LogP contribution in [0, 0.1) is 0 Å². The highest BCUT2D eigenvalue weighted by Crippen LogP contribution is 2.37. The fourth-order valence-electron chi connectivity index (χ4n) is 7.81. The maximum Gasteiger partial charge on any atom is 0.235 e. The minimum Gasteiger partial charge on any atom is -0.278 e. The van der Waals surface area contributed by atoms with Crippen LogP contribution in [0.3, 0.4) is 0 Å². The number of hydrogen-bond donors (Lipinski definition) is 0. The monoisotopic (exact) mass is 701 g/mol. The van der Waals surface area contributed by atoms with Gasteiger partial charge in [-0.25, -0.2) is 9.97 Å². The molecule has 0 unspecified atom stereocenters. The smallest absolute Gasteiger partial charge is 0.235 e. The van der Waals surface area contributed by atoms with Crippen molar-refractivity contribution in [3.8, 4) is 50.7 Å². The molecule has 2 heterocycles. The van der Waals surface area contributed by atoms with Crippen LogP contribution in [0.5, 0.6) is 0 Å². The molecule has 0 radical (unpaired) electrons. The SMILES string of the molecule is c1ccc(-c2ccc3c(c2)c2ccccc2c2ccccc2c2cc(-c4ccccc4)ccc2n3-c2nc(-c3ccccc3)cc(-c3ccccc3)n2)cc1. The number of aromatic nitrogens is 3. The molecule has 0 N–H and O–H groups in total. The molecule has 0 saturated heterocycles. The predicted molar refractivity (Wildman–Crippen MR) is 231 cm³/mol. The van der Waals surface area contributed by atoms with E-state index in [0.29, 0.717) is 5.95 Å². The van der Waals surface area contributed by atoms with Crippen molar-refractivity contribution >= 4 is 43.4 Å². The molecule has 8 aromatic carbocycles. The van der Waals surface area contributed by atoms with Gasteiger partial charge in [0.25, 0.3) is 0 Å². The first-order chi connectivity index (χ1) is 27.3. The van der Waals surface area contributed by atoms with Gasteiger partial charge >= 0.3 is 0 Å². The molecule has 0 atom stereocenters. The van der Waals surface area contributed by atoms with E-state index >= 15 is 0 Å². The lowest BCUT2D eigenvalue weighted by atomic mass is 9.98. The summed E-state index contributed by atoms with van der Waals surface area (Å²) in [5, 5.41) is 6.83. The summed E-state index contributed by atoms with van der Waals surface area (Å²) >= 11 is 0. The summed E-state index contributed by atoms with van der Waals surface area (Å²) in [6.07, 6.45) is 0. The van der Waals surface area contributed by atoms with Gasteiger partial charge in [0.15, 0.2) is 0 Å². The van der Waals surface area contributed by atoms with E-state index in [1.807, 2.05) is 12.1 Å². The molecule has 0 aliphatic heterocycles. The highest BCUT2D eigenvalue weighted by atomic mass is 15.2. The van der Waals surface area contributed by atoms with Crippen LogP contribution in [0.25, 0.3) is 94.1 Å². The average molecular weight is 702 g/mol. The van der Waals surface area contributed by atoms with Gasteiger partial charge in [-0.2, -0.15) is 0 Å². The van der Waals surface area contributed by atoms with E-state index in [2.05, 4.69) is 205 Å². The number of fused-ring (bicyclic) bond motifs is 7. The van der Waals surface area contributed by atoms with Crippen LogP contribution in [-0.4, -0.2) is 14.5 Å². The summed E-state index contributed by atoms with van der Waals surface area (Å²) in [7, 11) is 0. The maximum absolute atomic E-state index is 5.44. The molecule has 0 spiro atoms. The van der Waals surface area contributed by atoms with Crippen LogP contribution in [0.1, 0.15) is 0 Å². The van der Waals surface area contributed by atoms with Gasteiger partial charge in [-0.05, 0) is 74.1 Å². The molecule has 3 nitrogen and oxygen atoms in total. The minimum absolute atomic E-state index is 0.597. The summed E-state index contributed by atoms with van der Waals surface area (Å²) in [6.45, 7) is 0. The number of benzene rings is 8. The van der Waals surface area contributed by atoms with E-state index in [4.69, 9.17) is 9.97 Å². The Bertz CT molecular complexity index is 2860. The molecule has 258 valence electrons. The van der Waals surface area contributed by atoms with Crippen molar-refractivity contribution in [1.82, 2.24) is 14.5 Å². The van der Waals surface area contributed by atoms with Crippen molar-refractivity contribution in [1.29, 1.82) is 0 Å². The fraction of sp³-hybridized carbons (Fsp3) is 0. The Labute approximate surface area is 319 Å². The van der Waals surface area contributed by atoms with Crippen LogP contribution in [0.2, 0.25) is 0 Å². The Kier molecular flexibility index (Phi) is 8.16. The lowest BCUT2D eigenvalue weighted by Gasteiger charge is -2.16. The summed E-state index contributed by atoms with van der Waals surface area (Å²) in [6, 6.07) is 75.4. The molecule has 0 amide bonds. The van der Waals surface area contributed by atoms with Gasteiger partial charge in [0.05, 0.1) is 22.4 Å². The predicted octanol–water partition coefficient (Wildman–Crippen LogP) is 13.7. The first-order valence-corrected chi connectivity index (χ1v) is 18.7. The molecular weight excluding hydrogens is 667 g/mol. The second-order valence-electron chi connectivity index (χ2n) is 13.8. The van der Waals surface area contributed by atoms with Crippen molar-refractivity contribution < 1.29 is 0 Å². The molecular formula is C52H35N3. The Balaban J connectivity index is 1.45. The molecule has 0 aliphatic carbocycles. The van der Waals surface area contributed by atoms with Gasteiger partial charge in [-0.15, -0.1) is 0 Å². The number of rotatable bonds is 5. The zero-order chi connectivity index (χ0) is 36.6. The summed E-state index contributed by atoms with van der Waals surface area (Å²) in [4.78, 5) is 10.9. The van der Waals surface area contributed by atoms with E-state index in [-0.39, 0.29) is 0 Å². The van der Waals surface area contributed by atoms with Crippen molar-refractivity contribution in [3.05, 3.63) is 212 Å². The second kappa shape index (κ2) is 13.9. The minimum atomic E-state index is 0.597. The van der Waals surface area contributed by atoms with Crippen molar-refractivity contribution in [3.63, 3.8) is 0 Å². The second-order valence-corrected chi connectivity index (χ2v) is 13.8. The number of nitrogens with zero attached hydrogens (tertiary/aromatic N) is 3.